The molecule has 1 aromatic carbocycles. The third kappa shape index (κ3) is 5.75. The Bertz CT molecular complexity index is 756. The Hall–Kier alpha value is -1.48. The number of guanidine groups is 1. The number of halogens is 2. The molecular formula is C19H27ClIN5O. The van der Waals surface area contributed by atoms with Gasteiger partial charge in [0.1, 0.15) is 0 Å². The second-order valence-electron chi connectivity index (χ2n) is 6.73. The summed E-state index contributed by atoms with van der Waals surface area (Å²) in [5, 5.41) is 8.24. The molecule has 148 valence electrons. The molecule has 1 aliphatic heterocycles. The Morgan fingerprint density at radius 3 is 2.59 bits per heavy atom. The fourth-order valence-corrected chi connectivity index (χ4v) is 3.22. The molecule has 2 heterocycles. The van der Waals surface area contributed by atoms with Gasteiger partial charge in [-0.05, 0) is 24.1 Å². The Labute approximate surface area is 183 Å². The molecule has 1 aliphatic rings. The van der Waals surface area contributed by atoms with Crippen molar-refractivity contribution in [1.29, 1.82) is 0 Å². The predicted molar refractivity (Wildman–Crippen MR) is 121 cm³/mol. The van der Waals surface area contributed by atoms with Crippen LogP contribution in [0.5, 0.6) is 0 Å². The quantitative estimate of drug-likeness (QED) is 0.389. The summed E-state index contributed by atoms with van der Waals surface area (Å²) in [5.41, 5.74) is 2.15. The van der Waals surface area contributed by atoms with Gasteiger partial charge < -0.3 is 19.6 Å². The number of benzene rings is 1. The number of rotatable bonds is 4. The third-order valence-corrected chi connectivity index (χ3v) is 4.79. The summed E-state index contributed by atoms with van der Waals surface area (Å²) >= 11 is 6.11. The number of piperazine rings is 1. The van der Waals surface area contributed by atoms with E-state index in [0.29, 0.717) is 12.5 Å². The maximum absolute atomic E-state index is 6.11. The van der Waals surface area contributed by atoms with Gasteiger partial charge in [0.25, 0.3) is 0 Å². The van der Waals surface area contributed by atoms with Gasteiger partial charge in [-0.2, -0.15) is 0 Å². The topological polar surface area (TPSA) is 56.9 Å². The first-order valence-corrected chi connectivity index (χ1v) is 9.36. The normalized spacial score (nSPS) is 15.1. The lowest BCUT2D eigenvalue weighted by molar-refractivity contribution is 0.355. The zero-order valence-corrected chi connectivity index (χ0v) is 19.1. The molecule has 1 fully saturated rings. The van der Waals surface area contributed by atoms with Crippen LogP contribution in [0.15, 0.2) is 39.8 Å². The van der Waals surface area contributed by atoms with E-state index in [0.717, 1.165) is 48.6 Å². The van der Waals surface area contributed by atoms with Crippen molar-refractivity contribution < 1.29 is 4.52 Å². The monoisotopic (exact) mass is 503 g/mol. The smallest absolute Gasteiger partial charge is 0.194 e. The van der Waals surface area contributed by atoms with E-state index < -0.39 is 0 Å². The van der Waals surface area contributed by atoms with Crippen LogP contribution in [-0.2, 0) is 6.54 Å². The highest BCUT2D eigenvalue weighted by atomic mass is 127. The fourth-order valence-electron chi connectivity index (χ4n) is 3.03. The lowest BCUT2D eigenvalue weighted by atomic mass is 10.1. The van der Waals surface area contributed by atoms with Gasteiger partial charge in [-0.15, -0.1) is 24.0 Å². The van der Waals surface area contributed by atoms with Gasteiger partial charge in [-0.3, -0.25) is 4.99 Å². The Kier molecular flexibility index (Phi) is 8.22. The molecule has 0 atom stereocenters. The summed E-state index contributed by atoms with van der Waals surface area (Å²) < 4.78 is 5.39. The fraction of sp³-hybridized carbons (Fsp3) is 0.474. The standard InChI is InChI=1S/C19H26ClN5O.HI/c1-14(2)18-12-17(26-23-18)13-22-19(21-3)25-9-7-24(8-10-25)16-6-4-5-15(20)11-16;/h4-6,11-12,14H,7-10,13H2,1-3H3,(H,21,22);1H. The molecule has 0 radical (unpaired) electrons. The van der Waals surface area contributed by atoms with E-state index in [-0.39, 0.29) is 24.0 Å². The van der Waals surface area contributed by atoms with E-state index in [4.69, 9.17) is 16.1 Å². The molecule has 0 spiro atoms. The van der Waals surface area contributed by atoms with Gasteiger partial charge in [0.2, 0.25) is 0 Å². The number of nitrogens with zero attached hydrogens (tertiary/aromatic N) is 4. The van der Waals surface area contributed by atoms with Crippen molar-refractivity contribution in [3.05, 3.63) is 46.8 Å². The summed E-state index contributed by atoms with van der Waals surface area (Å²) in [6.07, 6.45) is 0. The van der Waals surface area contributed by atoms with Crippen LogP contribution in [0.2, 0.25) is 5.02 Å². The molecule has 0 aliphatic carbocycles. The molecule has 6 nitrogen and oxygen atoms in total. The number of aliphatic imine (C=N–C) groups is 1. The van der Waals surface area contributed by atoms with Crippen molar-refractivity contribution in [2.75, 3.05) is 38.1 Å². The average Bonchev–Trinajstić information content (AvgIpc) is 3.12. The van der Waals surface area contributed by atoms with Crippen LogP contribution >= 0.6 is 35.6 Å². The highest BCUT2D eigenvalue weighted by Crippen LogP contribution is 2.21. The van der Waals surface area contributed by atoms with Crippen molar-refractivity contribution >= 4 is 47.2 Å². The van der Waals surface area contributed by atoms with Crippen molar-refractivity contribution in [3.8, 4) is 0 Å². The lowest BCUT2D eigenvalue weighted by Gasteiger charge is -2.37. The van der Waals surface area contributed by atoms with Crippen LogP contribution in [0.3, 0.4) is 0 Å². The molecule has 1 aromatic heterocycles. The molecule has 0 bridgehead atoms. The van der Waals surface area contributed by atoms with Crippen molar-refractivity contribution in [3.63, 3.8) is 0 Å². The minimum absolute atomic E-state index is 0. The van der Waals surface area contributed by atoms with E-state index >= 15 is 0 Å². The maximum Gasteiger partial charge on any atom is 0.194 e. The van der Waals surface area contributed by atoms with Crippen LogP contribution in [0, 0.1) is 0 Å². The highest BCUT2D eigenvalue weighted by molar-refractivity contribution is 14.0. The highest BCUT2D eigenvalue weighted by Gasteiger charge is 2.20. The number of hydrogen-bond donors (Lipinski definition) is 1. The number of nitrogens with one attached hydrogen (secondary N) is 1. The summed E-state index contributed by atoms with van der Waals surface area (Å²) in [4.78, 5) is 9.02. The molecule has 1 N–H and O–H groups in total. The van der Waals surface area contributed by atoms with Crippen molar-refractivity contribution in [2.24, 2.45) is 4.99 Å². The van der Waals surface area contributed by atoms with E-state index in [9.17, 15) is 0 Å². The van der Waals surface area contributed by atoms with E-state index in [1.54, 1.807) is 0 Å². The zero-order valence-electron chi connectivity index (χ0n) is 16.0. The van der Waals surface area contributed by atoms with Gasteiger partial charge in [-0.25, -0.2) is 0 Å². The van der Waals surface area contributed by atoms with Crippen molar-refractivity contribution in [1.82, 2.24) is 15.4 Å². The van der Waals surface area contributed by atoms with Crippen LogP contribution in [0.4, 0.5) is 5.69 Å². The largest absolute Gasteiger partial charge is 0.368 e. The second-order valence-corrected chi connectivity index (χ2v) is 7.16. The molecule has 0 saturated carbocycles. The summed E-state index contributed by atoms with van der Waals surface area (Å²) in [5.74, 6) is 2.08. The van der Waals surface area contributed by atoms with Crippen LogP contribution in [-0.4, -0.2) is 49.2 Å². The number of hydrogen-bond acceptors (Lipinski definition) is 4. The molecule has 3 rings (SSSR count). The summed E-state index contributed by atoms with van der Waals surface area (Å²) in [6, 6.07) is 10.0. The van der Waals surface area contributed by atoms with Gasteiger partial charge in [-0.1, -0.05) is 36.7 Å². The number of aromatic nitrogens is 1. The summed E-state index contributed by atoms with van der Waals surface area (Å²) in [6.45, 7) is 8.46. The molecule has 27 heavy (non-hydrogen) atoms. The van der Waals surface area contributed by atoms with Gasteiger partial charge in [0.05, 0.1) is 12.2 Å². The molecule has 0 unspecified atom stereocenters. The van der Waals surface area contributed by atoms with Gasteiger partial charge >= 0.3 is 0 Å². The number of anilines is 1. The molecule has 8 heteroatoms. The molecule has 2 aromatic rings. The van der Waals surface area contributed by atoms with E-state index in [1.807, 2.05) is 31.3 Å². The first kappa shape index (κ1) is 21.8. The minimum atomic E-state index is 0. The first-order chi connectivity index (χ1) is 12.6. The minimum Gasteiger partial charge on any atom is -0.368 e. The Morgan fingerprint density at radius 2 is 2.00 bits per heavy atom. The van der Waals surface area contributed by atoms with Crippen LogP contribution in [0.25, 0.3) is 0 Å². The first-order valence-electron chi connectivity index (χ1n) is 8.98. The predicted octanol–water partition coefficient (Wildman–Crippen LogP) is 3.97. The Morgan fingerprint density at radius 1 is 1.26 bits per heavy atom. The van der Waals surface area contributed by atoms with Gasteiger partial charge in [0, 0.05) is 50.0 Å². The van der Waals surface area contributed by atoms with Crippen LogP contribution in [0.1, 0.15) is 31.2 Å². The lowest BCUT2D eigenvalue weighted by Crippen LogP contribution is -2.52. The van der Waals surface area contributed by atoms with E-state index in [1.165, 1.54) is 5.69 Å². The van der Waals surface area contributed by atoms with Gasteiger partial charge in [0.15, 0.2) is 11.7 Å². The van der Waals surface area contributed by atoms with Crippen molar-refractivity contribution in [2.45, 2.75) is 26.3 Å². The third-order valence-electron chi connectivity index (χ3n) is 4.55. The Balaban J connectivity index is 0.00000261. The average molecular weight is 504 g/mol. The summed E-state index contributed by atoms with van der Waals surface area (Å²) in [7, 11) is 1.81. The second kappa shape index (κ2) is 10.2. The molecule has 1 saturated heterocycles. The zero-order chi connectivity index (χ0) is 18.5. The molecular weight excluding hydrogens is 477 g/mol. The van der Waals surface area contributed by atoms with E-state index in [2.05, 4.69) is 45.2 Å². The maximum atomic E-state index is 6.11. The molecule has 0 amide bonds. The SMILES string of the molecule is CN=C(NCc1cc(C(C)C)no1)N1CCN(c2cccc(Cl)c2)CC1.I. The van der Waals surface area contributed by atoms with Crippen LogP contribution < -0.4 is 10.2 Å².